The predicted molar refractivity (Wildman–Crippen MR) is 122 cm³/mol. The molecule has 0 bridgehead atoms. The zero-order chi connectivity index (χ0) is 22.9. The Kier molecular flexibility index (Phi) is 4.92. The van der Waals surface area contributed by atoms with Crippen LogP contribution in [0.5, 0.6) is 0 Å². The van der Waals surface area contributed by atoms with Crippen molar-refractivity contribution in [3.63, 3.8) is 0 Å². The lowest BCUT2D eigenvalue weighted by Crippen LogP contribution is -2.21. The molecule has 8 heteroatoms. The highest BCUT2D eigenvalue weighted by Gasteiger charge is 2.28. The van der Waals surface area contributed by atoms with E-state index in [0.717, 1.165) is 16.8 Å². The van der Waals surface area contributed by atoms with Crippen LogP contribution in [0, 0.1) is 18.3 Å². The molecule has 5 rings (SSSR count). The summed E-state index contributed by atoms with van der Waals surface area (Å²) in [5.74, 6) is 0.182. The van der Waals surface area contributed by atoms with E-state index in [1.54, 1.807) is 41.4 Å². The Bertz CT molecular complexity index is 1450. The molecule has 1 aliphatic heterocycles. The van der Waals surface area contributed by atoms with Crippen LogP contribution < -0.4 is 5.01 Å². The lowest BCUT2D eigenvalue weighted by molar-refractivity contribution is 0.0696. The van der Waals surface area contributed by atoms with E-state index in [1.807, 2.05) is 47.9 Å². The zero-order valence-electron chi connectivity index (χ0n) is 17.7. The van der Waals surface area contributed by atoms with Gasteiger partial charge in [-0.05, 0) is 36.8 Å². The molecule has 0 fully saturated rings. The van der Waals surface area contributed by atoms with E-state index in [2.05, 4.69) is 16.3 Å². The number of carboxylic acid groups (broad SMARTS) is 1. The molecule has 1 N–H and O–H groups in total. The van der Waals surface area contributed by atoms with Crippen LogP contribution in [0.4, 0.5) is 5.95 Å². The molecule has 2 heterocycles. The summed E-state index contributed by atoms with van der Waals surface area (Å²) in [4.78, 5) is 12.0. The Labute approximate surface area is 189 Å². The fraction of sp³-hybridized carbons (Fsp3) is 0.0800. The van der Waals surface area contributed by atoms with Crippen molar-refractivity contribution in [3.05, 3.63) is 106 Å². The second kappa shape index (κ2) is 8.05. The minimum atomic E-state index is -1.02. The van der Waals surface area contributed by atoms with Gasteiger partial charge < -0.3 is 5.11 Å². The number of hydrazone groups is 1. The zero-order valence-corrected chi connectivity index (χ0v) is 17.7. The average molecular weight is 434 g/mol. The van der Waals surface area contributed by atoms with Crippen molar-refractivity contribution in [2.75, 3.05) is 5.01 Å². The number of carbonyl (C=O) groups is 1. The summed E-state index contributed by atoms with van der Waals surface area (Å²) in [6, 6.07) is 23.9. The van der Waals surface area contributed by atoms with Crippen molar-refractivity contribution >= 4 is 17.6 Å². The first-order chi connectivity index (χ1) is 16.1. The highest BCUT2D eigenvalue weighted by molar-refractivity contribution is 6.19. The van der Waals surface area contributed by atoms with E-state index < -0.39 is 5.97 Å². The highest BCUT2D eigenvalue weighted by atomic mass is 16.4. The smallest absolute Gasteiger partial charge is 0.336 e. The molecule has 0 radical (unpaired) electrons. The normalized spacial score (nSPS) is 12.2. The van der Waals surface area contributed by atoms with Crippen LogP contribution >= 0.6 is 0 Å². The number of nitriles is 1. The van der Waals surface area contributed by atoms with E-state index >= 15 is 0 Å². The van der Waals surface area contributed by atoms with Crippen LogP contribution in [-0.4, -0.2) is 31.6 Å². The lowest BCUT2D eigenvalue weighted by atomic mass is 9.96. The van der Waals surface area contributed by atoms with Crippen LogP contribution in [0.2, 0.25) is 0 Å². The second-order valence-electron chi connectivity index (χ2n) is 7.57. The first-order valence-corrected chi connectivity index (χ1v) is 10.3. The average Bonchev–Trinajstić information content (AvgIpc) is 3.16. The summed E-state index contributed by atoms with van der Waals surface area (Å²) < 4.78 is 1.92. The van der Waals surface area contributed by atoms with Gasteiger partial charge in [-0.1, -0.05) is 48.5 Å². The number of carboxylic acids is 1. The maximum absolute atomic E-state index is 12.0. The van der Waals surface area contributed by atoms with Gasteiger partial charge in [-0.25, -0.2) is 9.80 Å². The van der Waals surface area contributed by atoms with E-state index in [1.165, 1.54) is 0 Å². The molecule has 33 heavy (non-hydrogen) atoms. The maximum Gasteiger partial charge on any atom is 0.336 e. The molecule has 160 valence electrons. The van der Waals surface area contributed by atoms with Crippen LogP contribution in [0.25, 0.3) is 5.69 Å². The number of benzene rings is 3. The first-order valence-electron chi connectivity index (χ1n) is 10.3. The molecule has 0 amide bonds. The number of aromatic nitrogens is 3. The van der Waals surface area contributed by atoms with Crippen LogP contribution in [0.1, 0.15) is 38.4 Å². The Morgan fingerprint density at radius 1 is 0.970 bits per heavy atom. The van der Waals surface area contributed by atoms with Gasteiger partial charge in [-0.3, -0.25) is 4.57 Å². The Morgan fingerprint density at radius 2 is 1.67 bits per heavy atom. The fourth-order valence-electron chi connectivity index (χ4n) is 3.93. The number of fused-ring (bicyclic) bond motifs is 3. The summed E-state index contributed by atoms with van der Waals surface area (Å²) in [5, 5.41) is 34.2. The van der Waals surface area contributed by atoms with E-state index in [-0.39, 0.29) is 5.56 Å². The number of hydrogen-bond acceptors (Lipinski definition) is 6. The molecule has 0 saturated heterocycles. The molecule has 0 aliphatic carbocycles. The van der Waals surface area contributed by atoms with Crippen molar-refractivity contribution in [2.45, 2.75) is 13.5 Å². The van der Waals surface area contributed by atoms with Crippen LogP contribution in [-0.2, 0) is 6.54 Å². The quantitative estimate of drug-likeness (QED) is 0.522. The highest BCUT2D eigenvalue weighted by Crippen LogP contribution is 2.31. The SMILES string of the molecule is Cc1nnc2n1-c1ccccc1C(c1ccccc1C(=O)O)=NN2Cc1ccc(C#N)cc1. The summed E-state index contributed by atoms with van der Waals surface area (Å²) in [6.07, 6.45) is 0. The number of aryl methyl sites for hydroxylation is 1. The Balaban J connectivity index is 1.74. The molecule has 0 saturated carbocycles. The lowest BCUT2D eigenvalue weighted by Gasteiger charge is -2.18. The molecule has 1 aromatic heterocycles. The topological polar surface area (TPSA) is 107 Å². The summed E-state index contributed by atoms with van der Waals surface area (Å²) in [6.45, 7) is 2.22. The van der Waals surface area contributed by atoms with Gasteiger partial charge in [0.1, 0.15) is 11.5 Å². The van der Waals surface area contributed by atoms with Gasteiger partial charge in [-0.2, -0.15) is 10.4 Å². The van der Waals surface area contributed by atoms with Gasteiger partial charge in [-0.15, -0.1) is 10.2 Å². The maximum atomic E-state index is 12.0. The largest absolute Gasteiger partial charge is 0.478 e. The van der Waals surface area contributed by atoms with E-state index in [0.29, 0.717) is 35.2 Å². The molecule has 0 spiro atoms. The van der Waals surface area contributed by atoms with Gasteiger partial charge in [0.05, 0.1) is 29.4 Å². The second-order valence-corrected chi connectivity index (χ2v) is 7.57. The number of rotatable bonds is 4. The standard InChI is InChI=1S/C25H18N6O2/c1-16-27-28-25-30(15-18-12-10-17(14-26)11-13-18)29-23(19-6-2-3-7-20(19)24(32)33)21-8-4-5-9-22(21)31(16)25/h2-13H,15H2,1H3,(H,32,33). The van der Waals surface area contributed by atoms with Gasteiger partial charge in [0.25, 0.3) is 5.95 Å². The van der Waals surface area contributed by atoms with Crippen LogP contribution in [0.3, 0.4) is 0 Å². The monoisotopic (exact) mass is 434 g/mol. The number of para-hydroxylation sites is 1. The molecular formula is C25H18N6O2. The first kappa shape index (κ1) is 20.2. The third-order valence-electron chi connectivity index (χ3n) is 5.49. The molecule has 3 aromatic carbocycles. The minimum absolute atomic E-state index is 0.166. The van der Waals surface area contributed by atoms with Crippen LogP contribution in [0.15, 0.2) is 77.9 Å². The van der Waals surface area contributed by atoms with Gasteiger partial charge in [0.15, 0.2) is 0 Å². The van der Waals surface area contributed by atoms with Gasteiger partial charge >= 0.3 is 5.97 Å². The third kappa shape index (κ3) is 3.51. The number of nitrogens with zero attached hydrogens (tertiary/aromatic N) is 6. The van der Waals surface area contributed by atoms with Gasteiger partial charge in [0, 0.05) is 11.1 Å². The van der Waals surface area contributed by atoms with Crippen molar-refractivity contribution in [1.29, 1.82) is 5.26 Å². The number of hydrogen-bond donors (Lipinski definition) is 1. The fourth-order valence-corrected chi connectivity index (χ4v) is 3.93. The molecule has 4 aromatic rings. The number of aromatic carboxylic acids is 1. The summed E-state index contributed by atoms with van der Waals surface area (Å²) >= 11 is 0. The minimum Gasteiger partial charge on any atom is -0.478 e. The van der Waals surface area contributed by atoms with Crippen molar-refractivity contribution in [1.82, 2.24) is 14.8 Å². The molecule has 0 unspecified atom stereocenters. The number of anilines is 1. The molecule has 0 atom stereocenters. The molecular weight excluding hydrogens is 416 g/mol. The molecule has 1 aliphatic rings. The van der Waals surface area contributed by atoms with E-state index in [9.17, 15) is 9.90 Å². The Hall–Kier alpha value is -4.77. The predicted octanol–water partition coefficient (Wildman–Crippen LogP) is 3.92. The van der Waals surface area contributed by atoms with Crippen molar-refractivity contribution in [2.24, 2.45) is 5.10 Å². The van der Waals surface area contributed by atoms with Gasteiger partial charge in [0.2, 0.25) is 0 Å². The summed E-state index contributed by atoms with van der Waals surface area (Å²) in [5.41, 5.74) is 4.29. The molecule has 8 nitrogen and oxygen atoms in total. The Morgan fingerprint density at radius 3 is 2.39 bits per heavy atom. The van der Waals surface area contributed by atoms with Crippen molar-refractivity contribution in [3.8, 4) is 11.8 Å². The van der Waals surface area contributed by atoms with E-state index in [4.69, 9.17) is 10.4 Å². The third-order valence-corrected chi connectivity index (χ3v) is 5.49. The summed E-state index contributed by atoms with van der Waals surface area (Å²) in [7, 11) is 0. The van der Waals surface area contributed by atoms with Crippen molar-refractivity contribution < 1.29 is 9.90 Å².